The molecule has 0 spiro atoms. The van der Waals surface area contributed by atoms with Gasteiger partial charge in [-0.2, -0.15) is 9.78 Å². The zero-order valence-electron chi connectivity index (χ0n) is 20.3. The number of aromatic nitrogens is 3. The van der Waals surface area contributed by atoms with E-state index in [0.29, 0.717) is 29.7 Å². The van der Waals surface area contributed by atoms with Crippen LogP contribution in [0, 0.1) is 0 Å². The quantitative estimate of drug-likeness (QED) is 0.234. The lowest BCUT2D eigenvalue weighted by molar-refractivity contribution is 0.0697. The molecule has 2 heterocycles. The largest absolute Gasteiger partial charge is 0.478 e. The summed E-state index contributed by atoms with van der Waals surface area (Å²) in [6, 6.07) is 20.4. The Morgan fingerprint density at radius 2 is 1.86 bits per heavy atom. The molecular formula is C29H25BrN4O3. The topological polar surface area (TPSA) is 89.5 Å². The van der Waals surface area contributed by atoms with Gasteiger partial charge in [-0.3, -0.25) is 4.79 Å². The number of carbonyl (C=O) groups is 1. The summed E-state index contributed by atoms with van der Waals surface area (Å²) in [6.07, 6.45) is 6.27. The highest BCUT2D eigenvalue weighted by Gasteiger charge is 2.12. The van der Waals surface area contributed by atoms with Crippen LogP contribution in [0.4, 0.5) is 0 Å². The van der Waals surface area contributed by atoms with Crippen LogP contribution < -0.4 is 5.56 Å². The lowest BCUT2D eigenvalue weighted by Crippen LogP contribution is -2.22. The Labute approximate surface area is 221 Å². The minimum atomic E-state index is -0.944. The van der Waals surface area contributed by atoms with Crippen molar-refractivity contribution in [2.75, 3.05) is 0 Å². The van der Waals surface area contributed by atoms with Gasteiger partial charge in [-0.05, 0) is 48.4 Å². The monoisotopic (exact) mass is 556 g/mol. The number of aromatic carboxylic acids is 1. The Morgan fingerprint density at radius 3 is 2.62 bits per heavy atom. The van der Waals surface area contributed by atoms with Gasteiger partial charge in [0.25, 0.3) is 5.56 Å². The minimum absolute atomic E-state index is 0.198. The van der Waals surface area contributed by atoms with E-state index < -0.39 is 5.97 Å². The van der Waals surface area contributed by atoms with Crippen LogP contribution in [0.5, 0.6) is 0 Å². The van der Waals surface area contributed by atoms with Crippen molar-refractivity contribution in [1.29, 1.82) is 0 Å². The predicted molar refractivity (Wildman–Crippen MR) is 150 cm³/mol. The van der Waals surface area contributed by atoms with Crippen molar-refractivity contribution in [3.05, 3.63) is 110 Å². The molecule has 0 atom stereocenters. The second-order valence-corrected chi connectivity index (χ2v) is 9.80. The molecule has 0 saturated heterocycles. The van der Waals surface area contributed by atoms with Gasteiger partial charge in [0.05, 0.1) is 22.7 Å². The fourth-order valence-electron chi connectivity index (χ4n) is 4.39. The molecule has 0 radical (unpaired) electrons. The highest BCUT2D eigenvalue weighted by molar-refractivity contribution is 9.10. The van der Waals surface area contributed by atoms with E-state index in [0.717, 1.165) is 39.3 Å². The highest BCUT2D eigenvalue weighted by atomic mass is 79.9. The number of halogens is 1. The summed E-state index contributed by atoms with van der Waals surface area (Å²) in [5.41, 5.74) is 3.60. The van der Waals surface area contributed by atoms with Gasteiger partial charge in [0, 0.05) is 40.1 Å². The van der Waals surface area contributed by atoms with Gasteiger partial charge in [-0.25, -0.2) is 9.78 Å². The van der Waals surface area contributed by atoms with Gasteiger partial charge in [0.1, 0.15) is 5.82 Å². The van der Waals surface area contributed by atoms with Gasteiger partial charge < -0.3 is 9.67 Å². The summed E-state index contributed by atoms with van der Waals surface area (Å²) in [6.45, 7) is 2.68. The molecule has 0 aliphatic carbocycles. The number of carboxylic acid groups (broad SMARTS) is 1. The Hall–Kier alpha value is -4.04. The van der Waals surface area contributed by atoms with Crippen molar-refractivity contribution in [2.45, 2.75) is 32.7 Å². The van der Waals surface area contributed by atoms with E-state index in [4.69, 9.17) is 4.98 Å². The first-order chi connectivity index (χ1) is 17.9. The second-order valence-electron chi connectivity index (χ2n) is 8.89. The number of aryl methyl sites for hydroxylation is 1. The third-order valence-electron chi connectivity index (χ3n) is 6.31. The van der Waals surface area contributed by atoms with E-state index in [1.54, 1.807) is 24.4 Å². The molecule has 0 amide bonds. The van der Waals surface area contributed by atoms with Crippen molar-refractivity contribution in [3.63, 3.8) is 0 Å². The maximum atomic E-state index is 13.4. The molecule has 0 bridgehead atoms. The summed E-state index contributed by atoms with van der Waals surface area (Å²) in [7, 11) is 0. The zero-order chi connectivity index (χ0) is 25.9. The molecular weight excluding hydrogens is 532 g/mol. The van der Waals surface area contributed by atoms with Crippen molar-refractivity contribution >= 4 is 49.9 Å². The number of nitrogens with zero attached hydrogens (tertiary/aromatic N) is 4. The molecule has 0 fully saturated rings. The van der Waals surface area contributed by atoms with Crippen molar-refractivity contribution in [2.24, 2.45) is 5.10 Å². The predicted octanol–water partition coefficient (Wildman–Crippen LogP) is 6.09. The van der Waals surface area contributed by atoms with Crippen LogP contribution in [0.3, 0.4) is 0 Å². The molecule has 5 rings (SSSR count). The van der Waals surface area contributed by atoms with Gasteiger partial charge in [-0.1, -0.05) is 59.6 Å². The Balaban J connectivity index is 1.56. The lowest BCUT2D eigenvalue weighted by atomic mass is 10.1. The normalized spacial score (nSPS) is 11.6. The first-order valence-electron chi connectivity index (χ1n) is 12.1. The van der Waals surface area contributed by atoms with Crippen LogP contribution in [0.15, 0.2) is 87.3 Å². The Bertz CT molecular complexity index is 1700. The van der Waals surface area contributed by atoms with Gasteiger partial charge in [0.15, 0.2) is 0 Å². The number of hydrogen-bond donors (Lipinski definition) is 1. The highest BCUT2D eigenvalue weighted by Crippen LogP contribution is 2.22. The first-order valence-corrected chi connectivity index (χ1v) is 12.9. The summed E-state index contributed by atoms with van der Waals surface area (Å²) in [5.74, 6) is -0.305. The summed E-state index contributed by atoms with van der Waals surface area (Å²) < 4.78 is 4.33. The van der Waals surface area contributed by atoms with Crippen molar-refractivity contribution < 1.29 is 9.90 Å². The molecule has 0 aliphatic rings. The average Bonchev–Trinajstić information content (AvgIpc) is 3.25. The summed E-state index contributed by atoms with van der Waals surface area (Å²) in [5, 5.41) is 15.3. The third-order valence-corrected chi connectivity index (χ3v) is 6.81. The molecule has 37 heavy (non-hydrogen) atoms. The maximum absolute atomic E-state index is 13.4. The van der Waals surface area contributed by atoms with Crippen LogP contribution in [0.2, 0.25) is 0 Å². The molecule has 7 nitrogen and oxygen atoms in total. The van der Waals surface area contributed by atoms with Crippen LogP contribution in [-0.2, 0) is 13.0 Å². The van der Waals surface area contributed by atoms with Crippen molar-refractivity contribution in [1.82, 2.24) is 14.2 Å². The van der Waals surface area contributed by atoms with E-state index in [1.807, 2.05) is 54.7 Å². The molecule has 186 valence electrons. The Kier molecular flexibility index (Phi) is 7.01. The van der Waals surface area contributed by atoms with E-state index in [2.05, 4.69) is 32.5 Å². The van der Waals surface area contributed by atoms with Crippen LogP contribution in [0.1, 0.15) is 47.1 Å². The summed E-state index contributed by atoms with van der Waals surface area (Å²) in [4.78, 5) is 29.3. The zero-order valence-corrected chi connectivity index (χ0v) is 21.9. The smallest absolute Gasteiger partial charge is 0.335 e. The average molecular weight is 557 g/mol. The molecule has 0 aliphatic heterocycles. The minimum Gasteiger partial charge on any atom is -0.478 e. The van der Waals surface area contributed by atoms with Crippen LogP contribution in [0.25, 0.3) is 21.8 Å². The maximum Gasteiger partial charge on any atom is 0.335 e. The van der Waals surface area contributed by atoms with E-state index in [1.165, 1.54) is 4.68 Å². The van der Waals surface area contributed by atoms with E-state index in [-0.39, 0.29) is 11.1 Å². The number of carboxylic acids is 1. The number of fused-ring (bicyclic) bond motifs is 2. The van der Waals surface area contributed by atoms with E-state index >= 15 is 0 Å². The lowest BCUT2D eigenvalue weighted by Gasteiger charge is -2.09. The molecule has 8 heteroatoms. The third kappa shape index (κ3) is 5.11. The molecule has 0 saturated carbocycles. The van der Waals surface area contributed by atoms with Gasteiger partial charge in [0.2, 0.25) is 0 Å². The van der Waals surface area contributed by atoms with Gasteiger partial charge >= 0.3 is 5.97 Å². The number of rotatable bonds is 8. The summed E-state index contributed by atoms with van der Waals surface area (Å²) >= 11 is 3.45. The standard InChI is InChI=1S/C29H25BrN4O3/c1-2-3-8-27-32-25-14-13-22(30)15-24(25)28(35)34(27)31-16-21-18-33(26-7-5-4-6-23(21)26)17-19-9-11-20(12-10-19)29(36)37/h4-7,9-16,18H,2-3,8,17H2,1H3,(H,36,37). The molecule has 5 aromatic rings. The second kappa shape index (κ2) is 10.5. The molecule has 2 aromatic heterocycles. The fraction of sp³-hybridized carbons (Fsp3) is 0.172. The number of para-hydroxylation sites is 1. The SMILES string of the molecule is CCCCc1nc2ccc(Br)cc2c(=O)n1N=Cc1cn(Cc2ccc(C(=O)O)cc2)c2ccccc12. The Morgan fingerprint density at radius 1 is 1.08 bits per heavy atom. The molecule has 3 aromatic carbocycles. The van der Waals surface area contributed by atoms with Crippen LogP contribution >= 0.6 is 15.9 Å². The van der Waals surface area contributed by atoms with Crippen LogP contribution in [-0.4, -0.2) is 31.5 Å². The molecule has 1 N–H and O–H groups in total. The number of benzene rings is 3. The molecule has 0 unspecified atom stereocenters. The first kappa shape index (κ1) is 24.6. The fourth-order valence-corrected chi connectivity index (χ4v) is 4.75. The van der Waals surface area contributed by atoms with Crippen molar-refractivity contribution in [3.8, 4) is 0 Å². The van der Waals surface area contributed by atoms with Gasteiger partial charge in [-0.15, -0.1) is 0 Å². The number of hydrogen-bond acceptors (Lipinski definition) is 4. The van der Waals surface area contributed by atoms with E-state index in [9.17, 15) is 14.7 Å². The number of unbranched alkanes of at least 4 members (excludes halogenated alkanes) is 1.